The van der Waals surface area contributed by atoms with Crippen LogP contribution in [0, 0.1) is 0 Å². The number of rotatable bonds is 3. The second-order valence-electron chi connectivity index (χ2n) is 4.69. The Bertz CT molecular complexity index is 844. The summed E-state index contributed by atoms with van der Waals surface area (Å²) in [4.78, 5) is 20.0. The summed E-state index contributed by atoms with van der Waals surface area (Å²) in [5, 5.41) is 3.37. The van der Waals surface area contributed by atoms with E-state index >= 15 is 0 Å². The van der Waals surface area contributed by atoms with Crippen LogP contribution in [0.1, 0.15) is 10.4 Å². The Morgan fingerprint density at radius 3 is 2.70 bits per heavy atom. The van der Waals surface area contributed by atoms with E-state index in [0.29, 0.717) is 16.3 Å². The van der Waals surface area contributed by atoms with Gasteiger partial charge in [-0.3, -0.25) is 4.79 Å². The van der Waals surface area contributed by atoms with Crippen LogP contribution in [-0.2, 0) is 0 Å². The monoisotopic (exact) mass is 347 g/mol. The van der Waals surface area contributed by atoms with Gasteiger partial charge in [0, 0.05) is 23.6 Å². The van der Waals surface area contributed by atoms with E-state index in [0.717, 1.165) is 5.69 Å². The Morgan fingerprint density at radius 1 is 1.22 bits per heavy atom. The van der Waals surface area contributed by atoms with Crippen molar-refractivity contribution in [3.63, 3.8) is 0 Å². The highest BCUT2D eigenvalue weighted by Gasteiger charge is 2.10. The number of benzene rings is 1. The summed E-state index contributed by atoms with van der Waals surface area (Å²) in [5.41, 5.74) is 7.21. The maximum Gasteiger partial charge on any atom is 0.255 e. The average molecular weight is 348 g/mol. The number of aromatic nitrogens is 3. The number of anilines is 2. The third-order valence-electron chi connectivity index (χ3n) is 3.06. The molecule has 3 N–H and O–H groups in total. The van der Waals surface area contributed by atoms with Crippen LogP contribution in [0.15, 0.2) is 49.1 Å². The number of nitrogens with one attached hydrogen (secondary N) is 1. The van der Waals surface area contributed by atoms with Crippen molar-refractivity contribution >= 4 is 40.6 Å². The third-order valence-corrected chi connectivity index (χ3v) is 3.56. The van der Waals surface area contributed by atoms with E-state index in [9.17, 15) is 4.79 Å². The van der Waals surface area contributed by atoms with Crippen molar-refractivity contribution in [2.24, 2.45) is 0 Å². The van der Waals surface area contributed by atoms with E-state index in [1.807, 2.05) is 0 Å². The van der Waals surface area contributed by atoms with Crippen LogP contribution in [0.4, 0.5) is 11.5 Å². The zero-order chi connectivity index (χ0) is 16.4. The largest absolute Gasteiger partial charge is 0.384 e. The maximum atomic E-state index is 12.2. The standard InChI is InChI=1S/C15H11Cl2N5O/c16-11-7-10(1-2-12(11)22-4-3-19-8-22)20-15(23)9-5-13(17)21-14(18)6-9/h1-8H,(H2,18,21)(H,20,23). The van der Waals surface area contributed by atoms with Gasteiger partial charge in [-0.1, -0.05) is 23.2 Å². The number of pyridine rings is 1. The van der Waals surface area contributed by atoms with Gasteiger partial charge >= 0.3 is 0 Å². The number of nitrogen functional groups attached to an aromatic ring is 1. The minimum Gasteiger partial charge on any atom is -0.384 e. The summed E-state index contributed by atoms with van der Waals surface area (Å²) in [7, 11) is 0. The lowest BCUT2D eigenvalue weighted by atomic mass is 10.2. The van der Waals surface area contributed by atoms with Gasteiger partial charge in [0.1, 0.15) is 11.0 Å². The first kappa shape index (κ1) is 15.3. The summed E-state index contributed by atoms with van der Waals surface area (Å²) in [6.07, 6.45) is 5.08. The summed E-state index contributed by atoms with van der Waals surface area (Å²) in [6, 6.07) is 8.07. The quantitative estimate of drug-likeness (QED) is 0.711. The lowest BCUT2D eigenvalue weighted by Crippen LogP contribution is -2.13. The summed E-state index contributed by atoms with van der Waals surface area (Å²) in [5.74, 6) is -0.177. The van der Waals surface area contributed by atoms with Gasteiger partial charge in [-0.2, -0.15) is 0 Å². The molecule has 3 aromatic rings. The van der Waals surface area contributed by atoms with Crippen molar-refractivity contribution in [1.29, 1.82) is 0 Å². The number of hydrogen-bond acceptors (Lipinski definition) is 4. The van der Waals surface area contributed by atoms with E-state index < -0.39 is 0 Å². The molecule has 1 amide bonds. The lowest BCUT2D eigenvalue weighted by molar-refractivity contribution is 0.102. The van der Waals surface area contributed by atoms with Gasteiger partial charge in [0.25, 0.3) is 5.91 Å². The Hall–Kier alpha value is -2.57. The van der Waals surface area contributed by atoms with Gasteiger partial charge in [0.15, 0.2) is 0 Å². The molecule has 0 atom stereocenters. The molecule has 0 saturated heterocycles. The fourth-order valence-electron chi connectivity index (χ4n) is 2.05. The number of carbonyl (C=O) groups excluding carboxylic acids is 1. The van der Waals surface area contributed by atoms with Crippen LogP contribution in [0.2, 0.25) is 10.2 Å². The Labute approximate surface area is 141 Å². The lowest BCUT2D eigenvalue weighted by Gasteiger charge is -2.09. The van der Waals surface area contributed by atoms with Crippen molar-refractivity contribution < 1.29 is 4.79 Å². The van der Waals surface area contributed by atoms with Crippen LogP contribution in [0.25, 0.3) is 5.69 Å². The van der Waals surface area contributed by atoms with Crippen LogP contribution in [0.3, 0.4) is 0 Å². The SMILES string of the molecule is Nc1cc(C(=O)Nc2ccc(-n3ccnc3)c(Cl)c2)cc(Cl)n1. The fourth-order valence-corrected chi connectivity index (χ4v) is 2.54. The Balaban J connectivity index is 1.83. The van der Waals surface area contributed by atoms with Crippen LogP contribution in [-0.4, -0.2) is 20.4 Å². The molecule has 0 fully saturated rings. The van der Waals surface area contributed by atoms with Crippen molar-refractivity contribution in [3.05, 3.63) is 64.8 Å². The van der Waals surface area contributed by atoms with E-state index in [1.165, 1.54) is 12.1 Å². The van der Waals surface area contributed by atoms with Crippen molar-refractivity contribution in [2.45, 2.75) is 0 Å². The molecular formula is C15H11Cl2N5O. The average Bonchev–Trinajstić information content (AvgIpc) is 3.00. The van der Waals surface area contributed by atoms with E-state index in [4.69, 9.17) is 28.9 Å². The first-order chi connectivity index (χ1) is 11.0. The third kappa shape index (κ3) is 3.44. The molecule has 0 unspecified atom stereocenters. The van der Waals surface area contributed by atoms with Gasteiger partial charge in [-0.15, -0.1) is 0 Å². The number of amides is 1. The van der Waals surface area contributed by atoms with E-state index in [2.05, 4.69) is 15.3 Å². The maximum absolute atomic E-state index is 12.2. The highest BCUT2D eigenvalue weighted by molar-refractivity contribution is 6.32. The topological polar surface area (TPSA) is 85.8 Å². The van der Waals surface area contributed by atoms with Crippen LogP contribution >= 0.6 is 23.2 Å². The molecule has 2 heterocycles. The number of carbonyl (C=O) groups is 1. The number of nitrogens with zero attached hydrogens (tertiary/aromatic N) is 3. The predicted octanol–water partition coefficient (Wildman–Crippen LogP) is 3.41. The minimum absolute atomic E-state index is 0.156. The Kier molecular flexibility index (Phi) is 4.18. The normalized spacial score (nSPS) is 10.5. The summed E-state index contributed by atoms with van der Waals surface area (Å²) < 4.78 is 1.78. The number of hydrogen-bond donors (Lipinski definition) is 2. The molecular weight excluding hydrogens is 337 g/mol. The summed E-state index contributed by atoms with van der Waals surface area (Å²) in [6.45, 7) is 0. The Morgan fingerprint density at radius 2 is 2.04 bits per heavy atom. The molecule has 2 aromatic heterocycles. The van der Waals surface area contributed by atoms with E-state index in [-0.39, 0.29) is 16.9 Å². The smallest absolute Gasteiger partial charge is 0.255 e. The first-order valence-corrected chi connectivity index (χ1v) is 7.31. The molecule has 3 rings (SSSR count). The van der Waals surface area contributed by atoms with Crippen molar-refractivity contribution in [3.8, 4) is 5.69 Å². The molecule has 0 radical (unpaired) electrons. The van der Waals surface area contributed by atoms with Gasteiger partial charge in [-0.25, -0.2) is 9.97 Å². The summed E-state index contributed by atoms with van der Waals surface area (Å²) >= 11 is 12.0. The molecule has 0 aliphatic rings. The molecule has 0 bridgehead atoms. The molecule has 0 aliphatic carbocycles. The molecule has 0 aliphatic heterocycles. The van der Waals surface area contributed by atoms with Crippen LogP contribution in [0.5, 0.6) is 0 Å². The van der Waals surface area contributed by atoms with Gasteiger partial charge in [0.05, 0.1) is 17.0 Å². The molecule has 1 aromatic carbocycles. The van der Waals surface area contributed by atoms with Crippen molar-refractivity contribution in [1.82, 2.24) is 14.5 Å². The van der Waals surface area contributed by atoms with Gasteiger partial charge < -0.3 is 15.6 Å². The van der Waals surface area contributed by atoms with Gasteiger partial charge in [0.2, 0.25) is 0 Å². The van der Waals surface area contributed by atoms with Crippen LogP contribution < -0.4 is 11.1 Å². The number of halogens is 2. The molecule has 23 heavy (non-hydrogen) atoms. The molecule has 8 heteroatoms. The highest BCUT2D eigenvalue weighted by Crippen LogP contribution is 2.24. The predicted molar refractivity (Wildman–Crippen MR) is 90.2 cm³/mol. The highest BCUT2D eigenvalue weighted by atomic mass is 35.5. The molecule has 0 spiro atoms. The number of imidazole rings is 1. The first-order valence-electron chi connectivity index (χ1n) is 6.55. The zero-order valence-electron chi connectivity index (χ0n) is 11.7. The molecule has 6 nitrogen and oxygen atoms in total. The number of nitrogens with two attached hydrogens (primary N) is 1. The minimum atomic E-state index is -0.354. The second kappa shape index (κ2) is 6.28. The van der Waals surface area contributed by atoms with Crippen molar-refractivity contribution in [2.75, 3.05) is 11.1 Å². The molecule has 0 saturated carbocycles. The molecule has 116 valence electrons. The fraction of sp³-hybridized carbons (Fsp3) is 0. The van der Waals surface area contributed by atoms with E-state index in [1.54, 1.807) is 41.5 Å². The second-order valence-corrected chi connectivity index (χ2v) is 5.49. The van der Waals surface area contributed by atoms with Gasteiger partial charge in [-0.05, 0) is 30.3 Å². The zero-order valence-corrected chi connectivity index (χ0v) is 13.2.